The first-order valence-electron chi connectivity index (χ1n) is 7.25. The van der Waals surface area contributed by atoms with Gasteiger partial charge in [0, 0.05) is 23.3 Å². The number of rotatable bonds is 5. The van der Waals surface area contributed by atoms with Crippen molar-refractivity contribution in [2.75, 3.05) is 5.32 Å². The van der Waals surface area contributed by atoms with Gasteiger partial charge in [0.1, 0.15) is 0 Å². The fourth-order valence-corrected chi connectivity index (χ4v) is 3.08. The van der Waals surface area contributed by atoms with E-state index in [2.05, 4.69) is 15.4 Å². The molecule has 2 heterocycles. The van der Waals surface area contributed by atoms with Crippen LogP contribution in [0.5, 0.6) is 0 Å². The summed E-state index contributed by atoms with van der Waals surface area (Å²) in [5.41, 5.74) is 1.63. The lowest BCUT2D eigenvalue weighted by Crippen LogP contribution is -2.14. The Morgan fingerprint density at radius 1 is 1.17 bits per heavy atom. The van der Waals surface area contributed by atoms with E-state index < -0.39 is 0 Å². The van der Waals surface area contributed by atoms with Crippen LogP contribution >= 0.6 is 11.3 Å². The van der Waals surface area contributed by atoms with Gasteiger partial charge in [-0.3, -0.25) is 14.9 Å². The second-order valence-corrected chi connectivity index (χ2v) is 6.39. The Balaban J connectivity index is 1.59. The number of aryl methyl sites for hydroxylation is 2. The van der Waals surface area contributed by atoms with Crippen LogP contribution in [0.3, 0.4) is 0 Å². The first-order chi connectivity index (χ1) is 11.0. The van der Waals surface area contributed by atoms with E-state index in [1.165, 1.54) is 11.3 Å². The standard InChI is InChI=1S/C16H16N4O2S/c1-10-11(2)23-16-18-15(19-20(10)16)17-14(22)9-8-13(21)12-6-4-3-5-7-12/h3-7H,8-9H2,1-2H3,(H,17,19,22). The van der Waals surface area contributed by atoms with Gasteiger partial charge in [-0.05, 0) is 13.8 Å². The van der Waals surface area contributed by atoms with Crippen LogP contribution in [-0.4, -0.2) is 26.3 Å². The molecule has 0 fully saturated rings. The highest BCUT2D eigenvalue weighted by molar-refractivity contribution is 7.17. The number of amides is 1. The van der Waals surface area contributed by atoms with Gasteiger partial charge in [0.25, 0.3) is 0 Å². The molecule has 7 heteroatoms. The van der Waals surface area contributed by atoms with Crippen molar-refractivity contribution < 1.29 is 9.59 Å². The monoisotopic (exact) mass is 328 g/mol. The van der Waals surface area contributed by atoms with Gasteiger partial charge in [-0.2, -0.15) is 4.98 Å². The third-order valence-corrected chi connectivity index (χ3v) is 4.62. The summed E-state index contributed by atoms with van der Waals surface area (Å²) in [6.07, 6.45) is 0.273. The molecule has 0 saturated heterocycles. The summed E-state index contributed by atoms with van der Waals surface area (Å²) in [4.78, 5) is 30.1. The van der Waals surface area contributed by atoms with Crippen LogP contribution in [-0.2, 0) is 4.79 Å². The van der Waals surface area contributed by atoms with Crippen molar-refractivity contribution >= 4 is 33.9 Å². The zero-order valence-electron chi connectivity index (χ0n) is 12.9. The number of Topliss-reactive ketones (excluding diaryl/α,β-unsaturated/α-hetero) is 1. The van der Waals surface area contributed by atoms with Crippen molar-refractivity contribution in [3.8, 4) is 0 Å². The molecule has 0 aliphatic rings. The molecule has 0 bridgehead atoms. The van der Waals surface area contributed by atoms with Crippen molar-refractivity contribution in [2.45, 2.75) is 26.7 Å². The molecular formula is C16H16N4O2S. The Hall–Kier alpha value is -2.54. The molecule has 0 aliphatic heterocycles. The lowest BCUT2D eigenvalue weighted by Gasteiger charge is -2.01. The summed E-state index contributed by atoms with van der Waals surface area (Å²) >= 11 is 1.53. The van der Waals surface area contributed by atoms with Crippen LogP contribution in [0.2, 0.25) is 0 Å². The van der Waals surface area contributed by atoms with E-state index in [0.29, 0.717) is 5.56 Å². The van der Waals surface area contributed by atoms with E-state index in [9.17, 15) is 9.59 Å². The maximum atomic E-state index is 12.0. The summed E-state index contributed by atoms with van der Waals surface area (Å²) in [6.45, 7) is 3.96. The van der Waals surface area contributed by atoms with E-state index >= 15 is 0 Å². The van der Waals surface area contributed by atoms with E-state index in [0.717, 1.165) is 15.5 Å². The van der Waals surface area contributed by atoms with Crippen LogP contribution in [0, 0.1) is 13.8 Å². The van der Waals surface area contributed by atoms with Gasteiger partial charge in [0.05, 0.1) is 5.69 Å². The maximum Gasteiger partial charge on any atom is 0.250 e. The topological polar surface area (TPSA) is 76.4 Å². The molecule has 2 aromatic heterocycles. The lowest BCUT2D eigenvalue weighted by atomic mass is 10.1. The van der Waals surface area contributed by atoms with Crippen LogP contribution < -0.4 is 5.32 Å². The first-order valence-corrected chi connectivity index (χ1v) is 8.07. The third-order valence-electron chi connectivity index (χ3n) is 3.58. The number of anilines is 1. The fraction of sp³-hybridized carbons (Fsp3) is 0.250. The van der Waals surface area contributed by atoms with Crippen molar-refractivity contribution in [3.05, 3.63) is 46.5 Å². The Bertz CT molecular complexity index is 867. The Labute approximate surface area is 137 Å². The van der Waals surface area contributed by atoms with Crippen LogP contribution in [0.25, 0.3) is 4.96 Å². The highest BCUT2D eigenvalue weighted by Gasteiger charge is 2.14. The predicted octanol–water partition coefficient (Wildman–Crippen LogP) is 3.01. The molecule has 0 saturated carbocycles. The molecular weight excluding hydrogens is 312 g/mol. The molecule has 0 atom stereocenters. The molecule has 1 amide bonds. The van der Waals surface area contributed by atoms with Crippen LogP contribution in [0.1, 0.15) is 33.8 Å². The van der Waals surface area contributed by atoms with Gasteiger partial charge in [0.15, 0.2) is 5.78 Å². The summed E-state index contributed by atoms with van der Waals surface area (Å²) < 4.78 is 1.71. The molecule has 6 nitrogen and oxygen atoms in total. The van der Waals surface area contributed by atoms with Crippen molar-refractivity contribution in [2.24, 2.45) is 0 Å². The van der Waals surface area contributed by atoms with E-state index in [1.54, 1.807) is 28.8 Å². The van der Waals surface area contributed by atoms with Gasteiger partial charge in [0.2, 0.25) is 16.8 Å². The number of hydrogen-bond acceptors (Lipinski definition) is 5. The van der Waals surface area contributed by atoms with Gasteiger partial charge in [-0.1, -0.05) is 41.7 Å². The molecule has 1 aromatic carbocycles. The van der Waals surface area contributed by atoms with Gasteiger partial charge < -0.3 is 0 Å². The van der Waals surface area contributed by atoms with Gasteiger partial charge in [-0.25, -0.2) is 4.52 Å². The zero-order chi connectivity index (χ0) is 16.4. The summed E-state index contributed by atoms with van der Waals surface area (Å²) in [6, 6.07) is 8.95. The van der Waals surface area contributed by atoms with Crippen molar-refractivity contribution in [1.29, 1.82) is 0 Å². The van der Waals surface area contributed by atoms with Gasteiger partial charge in [-0.15, -0.1) is 5.10 Å². The number of carbonyl (C=O) groups is 2. The molecule has 23 heavy (non-hydrogen) atoms. The minimum atomic E-state index is -0.262. The second-order valence-electron chi connectivity index (χ2n) is 5.21. The SMILES string of the molecule is Cc1sc2nc(NC(=O)CCC(=O)c3ccccc3)nn2c1C. The number of nitrogens with one attached hydrogen (secondary N) is 1. The molecule has 118 valence electrons. The molecule has 1 N–H and O–H groups in total. The normalized spacial score (nSPS) is 10.9. The van der Waals surface area contributed by atoms with E-state index in [1.807, 2.05) is 19.9 Å². The highest BCUT2D eigenvalue weighted by atomic mass is 32.1. The fourth-order valence-electron chi connectivity index (χ4n) is 2.18. The molecule has 0 radical (unpaired) electrons. The second kappa shape index (κ2) is 6.29. The highest BCUT2D eigenvalue weighted by Crippen LogP contribution is 2.21. The number of benzene rings is 1. The van der Waals surface area contributed by atoms with Crippen LogP contribution in [0.4, 0.5) is 5.95 Å². The third kappa shape index (κ3) is 3.29. The van der Waals surface area contributed by atoms with E-state index in [4.69, 9.17) is 0 Å². The number of fused-ring (bicyclic) bond motifs is 1. The predicted molar refractivity (Wildman–Crippen MR) is 89.0 cm³/mol. The van der Waals surface area contributed by atoms with Crippen molar-refractivity contribution in [1.82, 2.24) is 14.6 Å². The number of nitrogens with zero attached hydrogens (tertiary/aromatic N) is 3. The molecule has 0 unspecified atom stereocenters. The average molecular weight is 328 g/mol. The Kier molecular flexibility index (Phi) is 4.20. The Morgan fingerprint density at radius 3 is 2.61 bits per heavy atom. The number of ketones is 1. The largest absolute Gasteiger partial charge is 0.294 e. The number of aromatic nitrogens is 3. The minimum absolute atomic E-state index is 0.0500. The summed E-state index contributed by atoms with van der Waals surface area (Å²) in [5, 5.41) is 6.90. The summed E-state index contributed by atoms with van der Waals surface area (Å²) in [5.74, 6) is -0.0376. The zero-order valence-corrected chi connectivity index (χ0v) is 13.7. The quantitative estimate of drug-likeness (QED) is 0.730. The number of carbonyl (C=O) groups excluding carboxylic acids is 2. The first kappa shape index (κ1) is 15.4. The smallest absolute Gasteiger partial charge is 0.250 e. The molecule has 3 aromatic rings. The molecule has 0 spiro atoms. The molecule has 0 aliphatic carbocycles. The Morgan fingerprint density at radius 2 is 1.91 bits per heavy atom. The van der Waals surface area contributed by atoms with Crippen molar-refractivity contribution in [3.63, 3.8) is 0 Å². The van der Waals surface area contributed by atoms with E-state index in [-0.39, 0.29) is 30.5 Å². The average Bonchev–Trinajstić information content (AvgIpc) is 3.05. The maximum absolute atomic E-state index is 12.0. The summed E-state index contributed by atoms with van der Waals surface area (Å²) in [7, 11) is 0. The number of hydrogen-bond donors (Lipinski definition) is 1. The lowest BCUT2D eigenvalue weighted by molar-refractivity contribution is -0.116. The van der Waals surface area contributed by atoms with Crippen LogP contribution in [0.15, 0.2) is 30.3 Å². The number of thiazole rings is 1. The minimum Gasteiger partial charge on any atom is -0.294 e. The molecule has 3 rings (SSSR count). The van der Waals surface area contributed by atoms with Gasteiger partial charge >= 0.3 is 0 Å².